The minimum atomic E-state index is -0.0364. The second kappa shape index (κ2) is 8.43. The number of benzene rings is 2. The number of ether oxygens (including phenoxy) is 1. The predicted molar refractivity (Wildman–Crippen MR) is 117 cm³/mol. The fourth-order valence-electron chi connectivity index (χ4n) is 2.58. The molecule has 0 bridgehead atoms. The van der Waals surface area contributed by atoms with Gasteiger partial charge in [-0.1, -0.05) is 25.6 Å². The van der Waals surface area contributed by atoms with Gasteiger partial charge in [0.2, 0.25) is 0 Å². The zero-order valence-electron chi connectivity index (χ0n) is 15.0. The number of halogens is 1. The van der Waals surface area contributed by atoms with Gasteiger partial charge < -0.3 is 4.74 Å². The van der Waals surface area contributed by atoms with Crippen LogP contribution in [0.1, 0.15) is 20.3 Å². The normalized spacial score (nSPS) is 11.3. The molecule has 0 N–H and O–H groups in total. The van der Waals surface area contributed by atoms with Crippen LogP contribution in [0.25, 0.3) is 16.6 Å². The first-order chi connectivity index (χ1) is 12.5. The lowest BCUT2D eigenvalue weighted by Gasteiger charge is -2.14. The summed E-state index contributed by atoms with van der Waals surface area (Å²) in [5, 5.41) is 1.37. The molecule has 4 nitrogen and oxygen atoms in total. The fraction of sp³-hybridized carbons (Fsp3) is 0.300. The Kier molecular flexibility index (Phi) is 6.24. The molecule has 2 aromatic carbocycles. The van der Waals surface area contributed by atoms with E-state index in [1.54, 1.807) is 23.4 Å². The molecule has 0 aliphatic carbocycles. The van der Waals surface area contributed by atoms with Crippen molar-refractivity contribution >= 4 is 45.3 Å². The van der Waals surface area contributed by atoms with Crippen LogP contribution in [0.3, 0.4) is 0 Å². The topological polar surface area (TPSA) is 44.1 Å². The van der Waals surface area contributed by atoms with Gasteiger partial charge in [0.1, 0.15) is 5.75 Å². The molecule has 26 heavy (non-hydrogen) atoms. The Hall–Kier alpha value is -1.54. The summed E-state index contributed by atoms with van der Waals surface area (Å²) in [6.07, 6.45) is 1.08. The summed E-state index contributed by atoms with van der Waals surface area (Å²) >= 11 is 3.85. The SMILES string of the molecule is COc1ccc(-n2c(SCCC(C)C)nc3ccc(I)cc3c2=O)cc1. The first kappa shape index (κ1) is 19.2. The summed E-state index contributed by atoms with van der Waals surface area (Å²) in [6, 6.07) is 13.3. The molecule has 3 rings (SSSR count). The summed E-state index contributed by atoms with van der Waals surface area (Å²) in [7, 11) is 1.63. The highest BCUT2D eigenvalue weighted by atomic mass is 127. The van der Waals surface area contributed by atoms with Crippen molar-refractivity contribution in [2.75, 3.05) is 12.9 Å². The number of methoxy groups -OCH3 is 1. The Morgan fingerprint density at radius 1 is 1.19 bits per heavy atom. The Labute approximate surface area is 171 Å². The Bertz CT molecular complexity index is 968. The minimum absolute atomic E-state index is 0.0364. The van der Waals surface area contributed by atoms with Crippen LogP contribution in [0, 0.1) is 9.49 Å². The Balaban J connectivity index is 2.15. The van der Waals surface area contributed by atoms with Gasteiger partial charge in [0.15, 0.2) is 5.16 Å². The summed E-state index contributed by atoms with van der Waals surface area (Å²) < 4.78 is 7.97. The number of thioether (sulfide) groups is 1. The zero-order valence-corrected chi connectivity index (χ0v) is 18.0. The molecule has 0 atom stereocenters. The van der Waals surface area contributed by atoms with Gasteiger partial charge in [0, 0.05) is 9.32 Å². The lowest BCUT2D eigenvalue weighted by atomic mass is 10.2. The monoisotopic (exact) mass is 480 g/mol. The van der Waals surface area contributed by atoms with Crippen LogP contribution in [0.2, 0.25) is 0 Å². The molecule has 0 radical (unpaired) electrons. The summed E-state index contributed by atoms with van der Waals surface area (Å²) in [4.78, 5) is 18.0. The lowest BCUT2D eigenvalue weighted by Crippen LogP contribution is -2.22. The second-order valence-corrected chi connectivity index (χ2v) is 8.73. The summed E-state index contributed by atoms with van der Waals surface area (Å²) in [5.41, 5.74) is 1.51. The number of hydrogen-bond acceptors (Lipinski definition) is 4. The molecule has 1 heterocycles. The van der Waals surface area contributed by atoms with E-state index in [2.05, 4.69) is 36.4 Å². The van der Waals surface area contributed by atoms with Crippen LogP contribution in [0.4, 0.5) is 0 Å². The summed E-state index contributed by atoms with van der Waals surface area (Å²) in [5.74, 6) is 2.31. The van der Waals surface area contributed by atoms with E-state index in [0.717, 1.165) is 37.9 Å². The smallest absolute Gasteiger partial charge is 0.266 e. The van der Waals surface area contributed by atoms with Crippen LogP contribution in [0.5, 0.6) is 5.75 Å². The molecule has 0 fully saturated rings. The van der Waals surface area contributed by atoms with Gasteiger partial charge in [-0.25, -0.2) is 4.98 Å². The molecule has 136 valence electrons. The van der Waals surface area contributed by atoms with E-state index in [1.165, 1.54) is 0 Å². The van der Waals surface area contributed by atoms with E-state index in [0.29, 0.717) is 11.3 Å². The molecule has 0 unspecified atom stereocenters. The molecule has 3 aromatic rings. The van der Waals surface area contributed by atoms with Gasteiger partial charge in [-0.2, -0.15) is 0 Å². The van der Waals surface area contributed by atoms with E-state index in [-0.39, 0.29) is 5.56 Å². The fourth-order valence-corrected chi connectivity index (χ4v) is 4.32. The predicted octanol–water partition coefficient (Wildman–Crippen LogP) is 5.14. The number of fused-ring (bicyclic) bond motifs is 1. The van der Waals surface area contributed by atoms with Crippen molar-refractivity contribution in [1.29, 1.82) is 0 Å². The summed E-state index contributed by atoms with van der Waals surface area (Å²) in [6.45, 7) is 4.40. The van der Waals surface area contributed by atoms with Gasteiger partial charge in [-0.05, 0) is 77.4 Å². The number of aromatic nitrogens is 2. The molecule has 0 saturated carbocycles. The molecular formula is C20H21IN2O2S. The van der Waals surface area contributed by atoms with Crippen molar-refractivity contribution in [3.63, 3.8) is 0 Å². The largest absolute Gasteiger partial charge is 0.497 e. The van der Waals surface area contributed by atoms with Gasteiger partial charge >= 0.3 is 0 Å². The highest BCUT2D eigenvalue weighted by Gasteiger charge is 2.14. The third-order valence-corrected chi connectivity index (χ3v) is 5.70. The van der Waals surface area contributed by atoms with Crippen molar-refractivity contribution in [2.24, 2.45) is 5.92 Å². The average Bonchev–Trinajstić information content (AvgIpc) is 2.62. The number of nitrogens with zero attached hydrogens (tertiary/aromatic N) is 2. The quantitative estimate of drug-likeness (QED) is 0.279. The van der Waals surface area contributed by atoms with Crippen molar-refractivity contribution < 1.29 is 4.74 Å². The van der Waals surface area contributed by atoms with E-state index in [4.69, 9.17) is 9.72 Å². The third-order valence-electron chi connectivity index (χ3n) is 4.06. The van der Waals surface area contributed by atoms with Gasteiger partial charge in [0.05, 0.1) is 23.7 Å². The highest BCUT2D eigenvalue weighted by molar-refractivity contribution is 14.1. The van der Waals surface area contributed by atoms with Crippen LogP contribution >= 0.6 is 34.4 Å². The van der Waals surface area contributed by atoms with E-state index >= 15 is 0 Å². The molecule has 0 amide bonds. The van der Waals surface area contributed by atoms with Crippen molar-refractivity contribution in [2.45, 2.75) is 25.4 Å². The van der Waals surface area contributed by atoms with E-state index in [9.17, 15) is 4.79 Å². The van der Waals surface area contributed by atoms with E-state index < -0.39 is 0 Å². The number of rotatable bonds is 6. The molecule has 0 spiro atoms. The van der Waals surface area contributed by atoms with Gasteiger partial charge in [-0.3, -0.25) is 9.36 Å². The molecule has 1 aromatic heterocycles. The Morgan fingerprint density at radius 3 is 2.58 bits per heavy atom. The molecule has 0 aliphatic heterocycles. The zero-order chi connectivity index (χ0) is 18.7. The maximum atomic E-state index is 13.2. The first-order valence-electron chi connectivity index (χ1n) is 8.49. The molecular weight excluding hydrogens is 459 g/mol. The van der Waals surface area contributed by atoms with Crippen molar-refractivity contribution in [1.82, 2.24) is 9.55 Å². The average molecular weight is 480 g/mol. The highest BCUT2D eigenvalue weighted by Crippen LogP contribution is 2.24. The van der Waals surface area contributed by atoms with E-state index in [1.807, 2.05) is 42.5 Å². The first-order valence-corrected chi connectivity index (χ1v) is 10.6. The lowest BCUT2D eigenvalue weighted by molar-refractivity contribution is 0.414. The van der Waals surface area contributed by atoms with Crippen molar-refractivity contribution in [3.05, 3.63) is 56.4 Å². The minimum Gasteiger partial charge on any atom is -0.497 e. The molecule has 0 aliphatic rings. The van der Waals surface area contributed by atoms with Crippen molar-refractivity contribution in [3.8, 4) is 11.4 Å². The van der Waals surface area contributed by atoms with Crippen LogP contribution in [-0.4, -0.2) is 22.4 Å². The van der Waals surface area contributed by atoms with Crippen LogP contribution < -0.4 is 10.3 Å². The second-order valence-electron chi connectivity index (χ2n) is 6.43. The third kappa shape index (κ3) is 4.23. The molecule has 6 heteroatoms. The number of hydrogen-bond donors (Lipinski definition) is 0. The maximum absolute atomic E-state index is 13.2. The standard InChI is InChI=1S/C20H21IN2O2S/c1-13(2)10-11-26-20-22-18-9-4-14(21)12-17(18)19(24)23(20)15-5-7-16(25-3)8-6-15/h4-9,12-13H,10-11H2,1-3H3. The Morgan fingerprint density at radius 2 is 1.92 bits per heavy atom. The van der Waals surface area contributed by atoms with Gasteiger partial charge in [0.25, 0.3) is 5.56 Å². The molecule has 0 saturated heterocycles. The van der Waals surface area contributed by atoms with Crippen LogP contribution in [0.15, 0.2) is 52.4 Å². The van der Waals surface area contributed by atoms with Gasteiger partial charge in [-0.15, -0.1) is 0 Å². The van der Waals surface area contributed by atoms with Crippen LogP contribution in [-0.2, 0) is 0 Å². The maximum Gasteiger partial charge on any atom is 0.266 e.